The highest BCUT2D eigenvalue weighted by molar-refractivity contribution is 5.84. The zero-order valence-corrected chi connectivity index (χ0v) is 19.7. The van der Waals surface area contributed by atoms with Crippen molar-refractivity contribution >= 4 is 10.8 Å². The average molecular weight is 495 g/mol. The van der Waals surface area contributed by atoms with Crippen LogP contribution in [0.15, 0.2) is 73.6 Å². The fourth-order valence-electron chi connectivity index (χ4n) is 4.07. The molecule has 0 fully saturated rings. The molecule has 0 N–H and O–H groups in total. The van der Waals surface area contributed by atoms with Gasteiger partial charge in [-0.2, -0.15) is 8.78 Å². The monoisotopic (exact) mass is 494 g/mol. The summed E-state index contributed by atoms with van der Waals surface area (Å²) in [6.07, 6.45) is 9.47. The second-order valence-electron chi connectivity index (χ2n) is 8.57. The molecule has 0 amide bonds. The number of ether oxygens (including phenoxy) is 1. The molecule has 0 bridgehead atoms. The number of fused-ring (bicyclic) bond motifs is 1. The van der Waals surface area contributed by atoms with E-state index in [0.29, 0.717) is 35.8 Å². The molecular weight excluding hydrogens is 468 g/mol. The van der Waals surface area contributed by atoms with E-state index in [2.05, 4.69) is 21.3 Å². The Morgan fingerprint density at radius 3 is 2.25 bits per heavy atom. The highest BCUT2D eigenvalue weighted by atomic mass is 19.3. The number of alkyl halides is 2. The van der Waals surface area contributed by atoms with Gasteiger partial charge in [-0.3, -0.25) is 0 Å². The Morgan fingerprint density at radius 2 is 1.53 bits per heavy atom. The van der Waals surface area contributed by atoms with E-state index in [0.717, 1.165) is 53.7 Å². The quantitative estimate of drug-likeness (QED) is 0.163. The Labute approximate surface area is 207 Å². The van der Waals surface area contributed by atoms with Gasteiger partial charge in [-0.05, 0) is 71.9 Å². The third-order valence-corrected chi connectivity index (χ3v) is 6.03. The van der Waals surface area contributed by atoms with Crippen LogP contribution in [0.1, 0.15) is 34.5 Å². The molecule has 0 aliphatic heterocycles. The molecule has 0 unspecified atom stereocenters. The van der Waals surface area contributed by atoms with Crippen molar-refractivity contribution in [3.63, 3.8) is 0 Å². The molecule has 0 spiro atoms. The molecule has 0 atom stereocenters. The zero-order chi connectivity index (χ0) is 25.5. The summed E-state index contributed by atoms with van der Waals surface area (Å²) in [5, 5.41) is 1.32. The van der Waals surface area contributed by atoms with Crippen LogP contribution in [0.4, 0.5) is 17.6 Å². The molecular formula is C29H26F4N2O. The molecule has 7 heteroatoms. The van der Waals surface area contributed by atoms with Crippen molar-refractivity contribution in [1.82, 2.24) is 9.97 Å². The lowest BCUT2D eigenvalue weighted by Crippen LogP contribution is -2.04. The van der Waals surface area contributed by atoms with E-state index >= 15 is 4.39 Å². The first-order valence-electron chi connectivity index (χ1n) is 11.8. The normalized spacial score (nSPS) is 11.2. The van der Waals surface area contributed by atoms with Gasteiger partial charge in [0.2, 0.25) is 0 Å². The number of aryl methyl sites for hydroxylation is 5. The highest BCUT2D eigenvalue weighted by Gasteiger charge is 2.12. The SMILES string of the molecule is C=CCCc1cnc(CCc2ccc3c(F)c(CCc4ccc(OC(F)F)c(F)c4)ccc3c2)nc1. The van der Waals surface area contributed by atoms with Gasteiger partial charge in [0.25, 0.3) is 0 Å². The summed E-state index contributed by atoms with van der Waals surface area (Å²) in [4.78, 5) is 8.87. The maximum absolute atomic E-state index is 15.2. The molecule has 4 rings (SSSR count). The van der Waals surface area contributed by atoms with Crippen molar-refractivity contribution in [2.45, 2.75) is 45.1 Å². The van der Waals surface area contributed by atoms with E-state index < -0.39 is 18.2 Å². The van der Waals surface area contributed by atoms with Crippen LogP contribution in [-0.4, -0.2) is 16.6 Å². The van der Waals surface area contributed by atoms with Crippen molar-refractivity contribution in [3.05, 3.63) is 113 Å². The van der Waals surface area contributed by atoms with E-state index in [4.69, 9.17) is 0 Å². The molecule has 0 aliphatic rings. The molecule has 0 aliphatic carbocycles. The molecule has 186 valence electrons. The fraction of sp³-hybridized carbons (Fsp3) is 0.241. The van der Waals surface area contributed by atoms with Crippen molar-refractivity contribution < 1.29 is 22.3 Å². The van der Waals surface area contributed by atoms with E-state index in [1.165, 1.54) is 6.07 Å². The van der Waals surface area contributed by atoms with Gasteiger partial charge in [0, 0.05) is 24.2 Å². The Bertz CT molecular complexity index is 1340. The third kappa shape index (κ3) is 6.47. The molecule has 3 aromatic carbocycles. The van der Waals surface area contributed by atoms with E-state index in [9.17, 15) is 13.2 Å². The van der Waals surface area contributed by atoms with Crippen LogP contribution in [0.25, 0.3) is 10.8 Å². The van der Waals surface area contributed by atoms with Crippen LogP contribution in [0, 0.1) is 11.6 Å². The summed E-state index contributed by atoms with van der Waals surface area (Å²) in [5.41, 5.74) is 3.22. The largest absolute Gasteiger partial charge is 0.432 e. The predicted molar refractivity (Wildman–Crippen MR) is 132 cm³/mol. The van der Waals surface area contributed by atoms with Crippen LogP contribution in [0.5, 0.6) is 5.75 Å². The highest BCUT2D eigenvalue weighted by Crippen LogP contribution is 2.25. The lowest BCUT2D eigenvalue weighted by molar-refractivity contribution is -0.0522. The van der Waals surface area contributed by atoms with Gasteiger partial charge < -0.3 is 4.74 Å². The van der Waals surface area contributed by atoms with Gasteiger partial charge in [0.05, 0.1) is 0 Å². The second kappa shape index (κ2) is 11.8. The summed E-state index contributed by atoms with van der Waals surface area (Å²) >= 11 is 0. The zero-order valence-electron chi connectivity index (χ0n) is 19.7. The van der Waals surface area contributed by atoms with Crippen LogP contribution in [0.3, 0.4) is 0 Å². The van der Waals surface area contributed by atoms with Crippen LogP contribution in [-0.2, 0) is 32.1 Å². The van der Waals surface area contributed by atoms with Gasteiger partial charge in [0.1, 0.15) is 11.6 Å². The first kappa shape index (κ1) is 25.4. The molecule has 1 aromatic heterocycles. The number of hydrogen-bond donors (Lipinski definition) is 0. The first-order valence-corrected chi connectivity index (χ1v) is 11.8. The molecule has 3 nitrogen and oxygen atoms in total. The van der Waals surface area contributed by atoms with Gasteiger partial charge in [-0.1, -0.05) is 42.5 Å². The number of allylic oxidation sites excluding steroid dienone is 1. The van der Waals surface area contributed by atoms with E-state index in [1.807, 2.05) is 36.7 Å². The van der Waals surface area contributed by atoms with Crippen molar-refractivity contribution in [2.75, 3.05) is 0 Å². The lowest BCUT2D eigenvalue weighted by Gasteiger charge is -2.10. The molecule has 0 radical (unpaired) electrons. The number of nitrogens with zero attached hydrogens (tertiary/aromatic N) is 2. The number of hydrogen-bond acceptors (Lipinski definition) is 3. The summed E-state index contributed by atoms with van der Waals surface area (Å²) < 4.78 is 57.8. The molecule has 36 heavy (non-hydrogen) atoms. The molecule has 1 heterocycles. The van der Waals surface area contributed by atoms with Crippen molar-refractivity contribution in [2.24, 2.45) is 0 Å². The van der Waals surface area contributed by atoms with Gasteiger partial charge in [-0.25, -0.2) is 18.7 Å². The van der Waals surface area contributed by atoms with Crippen LogP contribution in [0.2, 0.25) is 0 Å². The second-order valence-corrected chi connectivity index (χ2v) is 8.57. The van der Waals surface area contributed by atoms with Gasteiger partial charge >= 0.3 is 6.61 Å². The van der Waals surface area contributed by atoms with Crippen molar-refractivity contribution in [3.8, 4) is 5.75 Å². The van der Waals surface area contributed by atoms with Crippen LogP contribution >= 0.6 is 0 Å². The standard InChI is InChI=1S/C29H26F4N2O/c1-2-3-4-21-17-34-27(35-18-21)14-8-19-6-12-24-23(15-19)11-10-22(28(24)31)9-5-20-7-13-26(25(30)16-20)36-29(32)33/h2,6-7,10-13,15-18,29H,1,3-5,8-9,14H2. The van der Waals surface area contributed by atoms with Crippen LogP contribution < -0.4 is 4.74 Å². The number of halogens is 4. The maximum Gasteiger partial charge on any atom is 0.387 e. The fourth-order valence-corrected chi connectivity index (χ4v) is 4.07. The molecule has 0 saturated heterocycles. The summed E-state index contributed by atoms with van der Waals surface area (Å²) in [5.74, 6) is -0.915. The summed E-state index contributed by atoms with van der Waals surface area (Å²) in [7, 11) is 0. The Morgan fingerprint density at radius 1 is 0.806 bits per heavy atom. The minimum absolute atomic E-state index is 0.310. The first-order chi connectivity index (χ1) is 17.4. The molecule has 0 saturated carbocycles. The molecule has 4 aromatic rings. The van der Waals surface area contributed by atoms with Crippen molar-refractivity contribution in [1.29, 1.82) is 0 Å². The number of rotatable bonds is 11. The van der Waals surface area contributed by atoms with E-state index in [-0.39, 0.29) is 5.82 Å². The Hall–Kier alpha value is -3.74. The average Bonchev–Trinajstić information content (AvgIpc) is 2.87. The minimum Gasteiger partial charge on any atom is -0.432 e. The minimum atomic E-state index is -3.09. The Kier molecular flexibility index (Phi) is 8.31. The number of benzene rings is 3. The summed E-state index contributed by atoms with van der Waals surface area (Å²) in [6, 6.07) is 13.1. The Balaban J connectivity index is 1.39. The maximum atomic E-state index is 15.2. The van der Waals surface area contributed by atoms with Gasteiger partial charge in [0.15, 0.2) is 11.6 Å². The smallest absolute Gasteiger partial charge is 0.387 e. The number of aromatic nitrogens is 2. The third-order valence-electron chi connectivity index (χ3n) is 6.03. The lowest BCUT2D eigenvalue weighted by atomic mass is 9.98. The topological polar surface area (TPSA) is 35.0 Å². The van der Waals surface area contributed by atoms with E-state index in [1.54, 1.807) is 12.1 Å². The summed E-state index contributed by atoms with van der Waals surface area (Å²) in [6.45, 7) is 0.630. The van der Waals surface area contributed by atoms with Gasteiger partial charge in [-0.15, -0.1) is 6.58 Å². The predicted octanol–water partition coefficient (Wildman–Crippen LogP) is 7.20.